The number of rotatable bonds is 11. The summed E-state index contributed by atoms with van der Waals surface area (Å²) in [6.07, 6.45) is 5.05. The van der Waals surface area contributed by atoms with Gasteiger partial charge in [-0.2, -0.15) is 0 Å². The van der Waals surface area contributed by atoms with E-state index in [-0.39, 0.29) is 28.8 Å². The number of hydrogen-bond acceptors (Lipinski definition) is 8. The van der Waals surface area contributed by atoms with E-state index in [9.17, 15) is 14.4 Å². The Labute approximate surface area is 252 Å². The van der Waals surface area contributed by atoms with E-state index >= 15 is 0 Å². The Bertz CT molecular complexity index is 1530. The number of ether oxygens (including phenoxy) is 3. The van der Waals surface area contributed by atoms with Crippen molar-refractivity contribution in [3.63, 3.8) is 0 Å². The summed E-state index contributed by atoms with van der Waals surface area (Å²) in [4.78, 5) is 43.4. The van der Waals surface area contributed by atoms with Crippen LogP contribution in [0.2, 0.25) is 0 Å². The SMILES string of the molecule is COc1cc2c(c(OC)c1OC)-c1ccc(N[C@H](CC(C)C)C(=O)NCc3cccnc3)c(=O)cc1[C@@H](NC(C)=O)CC2. The van der Waals surface area contributed by atoms with Crippen molar-refractivity contribution >= 4 is 17.5 Å². The summed E-state index contributed by atoms with van der Waals surface area (Å²) in [5.74, 6) is 1.20. The molecule has 0 bridgehead atoms. The van der Waals surface area contributed by atoms with Gasteiger partial charge in [-0.15, -0.1) is 0 Å². The summed E-state index contributed by atoms with van der Waals surface area (Å²) >= 11 is 0. The third-order valence-electron chi connectivity index (χ3n) is 7.46. The van der Waals surface area contributed by atoms with Crippen LogP contribution in [0.4, 0.5) is 5.69 Å². The van der Waals surface area contributed by atoms with Gasteiger partial charge in [0.15, 0.2) is 11.5 Å². The van der Waals surface area contributed by atoms with E-state index in [0.29, 0.717) is 48.6 Å². The number of carbonyl (C=O) groups excluding carboxylic acids is 2. The molecular formula is C33H40N4O6. The Morgan fingerprint density at radius 2 is 1.81 bits per heavy atom. The second-order valence-corrected chi connectivity index (χ2v) is 11.0. The van der Waals surface area contributed by atoms with Crippen LogP contribution in [0.3, 0.4) is 0 Å². The highest BCUT2D eigenvalue weighted by molar-refractivity contribution is 5.86. The number of fused-ring (bicyclic) bond motifs is 3. The summed E-state index contributed by atoms with van der Waals surface area (Å²) < 4.78 is 17.1. The molecule has 1 aliphatic rings. The number of aromatic nitrogens is 1. The van der Waals surface area contributed by atoms with Crippen molar-refractivity contribution < 1.29 is 23.8 Å². The molecule has 1 aromatic heterocycles. The average molecular weight is 589 g/mol. The van der Waals surface area contributed by atoms with Crippen LogP contribution in [0, 0.1) is 5.92 Å². The highest BCUT2D eigenvalue weighted by Gasteiger charge is 2.30. The van der Waals surface area contributed by atoms with Crippen LogP contribution in [0.15, 0.2) is 53.6 Å². The van der Waals surface area contributed by atoms with Gasteiger partial charge in [0, 0.05) is 31.4 Å². The van der Waals surface area contributed by atoms with Crippen LogP contribution < -0.4 is 35.6 Å². The van der Waals surface area contributed by atoms with Crippen molar-refractivity contribution in [2.45, 2.75) is 58.7 Å². The molecule has 228 valence electrons. The van der Waals surface area contributed by atoms with E-state index in [1.165, 1.54) is 6.92 Å². The van der Waals surface area contributed by atoms with Gasteiger partial charge in [0.1, 0.15) is 6.04 Å². The van der Waals surface area contributed by atoms with Gasteiger partial charge >= 0.3 is 0 Å². The van der Waals surface area contributed by atoms with Gasteiger partial charge in [-0.25, -0.2) is 0 Å². The van der Waals surface area contributed by atoms with Gasteiger partial charge < -0.3 is 30.2 Å². The minimum atomic E-state index is -0.649. The third-order valence-corrected chi connectivity index (χ3v) is 7.46. The molecule has 2 atom stereocenters. The highest BCUT2D eigenvalue weighted by Crippen LogP contribution is 2.50. The first-order valence-corrected chi connectivity index (χ1v) is 14.4. The number of pyridine rings is 1. The van der Waals surface area contributed by atoms with Crippen LogP contribution in [0.1, 0.15) is 56.3 Å². The Morgan fingerprint density at radius 3 is 2.44 bits per heavy atom. The first kappa shape index (κ1) is 31.3. The molecule has 0 fully saturated rings. The average Bonchev–Trinajstić information content (AvgIpc) is 3.23. The number of aryl methyl sites for hydroxylation is 1. The maximum atomic E-state index is 13.8. The zero-order chi connectivity index (χ0) is 31.1. The lowest BCUT2D eigenvalue weighted by Gasteiger charge is -2.20. The maximum Gasteiger partial charge on any atom is 0.242 e. The summed E-state index contributed by atoms with van der Waals surface area (Å²) in [5.41, 5.74) is 3.92. The normalized spacial score (nSPS) is 14.4. The van der Waals surface area contributed by atoms with Crippen LogP contribution in [-0.4, -0.2) is 44.2 Å². The Kier molecular flexibility index (Phi) is 10.2. The lowest BCUT2D eigenvalue weighted by molar-refractivity contribution is -0.122. The van der Waals surface area contributed by atoms with Crippen molar-refractivity contribution in [2.24, 2.45) is 5.92 Å². The molecule has 10 heteroatoms. The van der Waals surface area contributed by atoms with E-state index in [4.69, 9.17) is 14.2 Å². The second-order valence-electron chi connectivity index (χ2n) is 11.0. The fourth-order valence-electron chi connectivity index (χ4n) is 5.53. The van der Waals surface area contributed by atoms with Gasteiger partial charge in [-0.1, -0.05) is 26.0 Å². The number of nitrogens with one attached hydrogen (secondary N) is 3. The van der Waals surface area contributed by atoms with E-state index in [1.807, 2.05) is 38.1 Å². The first-order valence-electron chi connectivity index (χ1n) is 14.4. The Balaban J connectivity index is 1.81. The predicted octanol–water partition coefficient (Wildman–Crippen LogP) is 4.40. The Morgan fingerprint density at radius 1 is 1.05 bits per heavy atom. The van der Waals surface area contributed by atoms with Crippen molar-refractivity contribution in [3.05, 3.63) is 75.7 Å². The minimum Gasteiger partial charge on any atom is -0.493 e. The smallest absolute Gasteiger partial charge is 0.242 e. The molecular weight excluding hydrogens is 548 g/mol. The summed E-state index contributed by atoms with van der Waals surface area (Å²) in [7, 11) is 4.67. The van der Waals surface area contributed by atoms with Crippen molar-refractivity contribution in [1.29, 1.82) is 0 Å². The quantitative estimate of drug-likeness (QED) is 0.301. The largest absolute Gasteiger partial charge is 0.493 e. The molecule has 1 aliphatic carbocycles. The number of nitrogens with zero attached hydrogens (tertiary/aromatic N) is 1. The molecule has 0 unspecified atom stereocenters. The van der Waals surface area contributed by atoms with Crippen LogP contribution in [-0.2, 0) is 22.6 Å². The van der Waals surface area contributed by atoms with E-state index in [1.54, 1.807) is 45.9 Å². The Hall–Kier alpha value is -4.60. The topological polar surface area (TPSA) is 128 Å². The van der Waals surface area contributed by atoms with Gasteiger partial charge in [-0.05, 0) is 71.7 Å². The minimum absolute atomic E-state index is 0.189. The molecule has 0 saturated carbocycles. The number of anilines is 1. The molecule has 1 heterocycles. The van der Waals surface area contributed by atoms with Gasteiger partial charge in [0.25, 0.3) is 0 Å². The van der Waals surface area contributed by atoms with Gasteiger partial charge in [0.05, 0.1) is 33.1 Å². The molecule has 3 aromatic rings. The van der Waals surface area contributed by atoms with E-state index in [0.717, 1.165) is 22.3 Å². The van der Waals surface area contributed by atoms with Crippen LogP contribution in [0.5, 0.6) is 17.2 Å². The molecule has 0 radical (unpaired) electrons. The molecule has 0 saturated heterocycles. The molecule has 0 spiro atoms. The number of hydrogen-bond donors (Lipinski definition) is 3. The molecule has 2 aromatic carbocycles. The number of carbonyl (C=O) groups is 2. The zero-order valence-corrected chi connectivity index (χ0v) is 25.6. The van der Waals surface area contributed by atoms with Crippen molar-refractivity contribution in [1.82, 2.24) is 15.6 Å². The summed E-state index contributed by atoms with van der Waals surface area (Å²) in [6.45, 7) is 5.83. The summed E-state index contributed by atoms with van der Waals surface area (Å²) in [5, 5.41) is 9.20. The molecule has 2 amide bonds. The van der Waals surface area contributed by atoms with Crippen molar-refractivity contribution in [3.8, 4) is 28.4 Å². The lowest BCUT2D eigenvalue weighted by Crippen LogP contribution is -2.41. The number of amides is 2. The van der Waals surface area contributed by atoms with Gasteiger partial charge in [-0.3, -0.25) is 19.4 Å². The van der Waals surface area contributed by atoms with E-state index < -0.39 is 12.1 Å². The number of methoxy groups -OCH3 is 3. The molecule has 4 rings (SSSR count). The second kappa shape index (κ2) is 14.0. The van der Waals surface area contributed by atoms with Crippen LogP contribution >= 0.6 is 0 Å². The first-order chi connectivity index (χ1) is 20.7. The highest BCUT2D eigenvalue weighted by atomic mass is 16.5. The molecule has 10 nitrogen and oxygen atoms in total. The predicted molar refractivity (Wildman–Crippen MR) is 166 cm³/mol. The molecule has 43 heavy (non-hydrogen) atoms. The third kappa shape index (κ3) is 7.25. The standard InChI is InChI=1S/C33H40N4O6/c1-19(2)14-27(33(40)35-18-21-8-7-13-34-17-21)37-26-12-10-23-24(16-28(26)39)25(36-20(3)38)11-9-22-15-29(41-4)31(42-5)32(43-6)30(22)23/h7-8,10,12-13,15-17,19,25,27H,9,11,14,18H2,1-6H3,(H,35,40)(H,36,38)(H,37,39)/t25-,27+/m0/s1. The summed E-state index contributed by atoms with van der Waals surface area (Å²) in [6, 6.07) is 9.62. The molecule has 3 N–H and O–H groups in total. The van der Waals surface area contributed by atoms with Crippen molar-refractivity contribution in [2.75, 3.05) is 26.6 Å². The van der Waals surface area contributed by atoms with Gasteiger partial charge in [0.2, 0.25) is 23.0 Å². The van der Waals surface area contributed by atoms with E-state index in [2.05, 4.69) is 20.9 Å². The lowest BCUT2D eigenvalue weighted by atomic mass is 9.95. The fourth-order valence-corrected chi connectivity index (χ4v) is 5.53. The fraction of sp³-hybridized carbons (Fsp3) is 0.394. The maximum absolute atomic E-state index is 13.8. The zero-order valence-electron chi connectivity index (χ0n) is 25.6. The van der Waals surface area contributed by atoms with Crippen LogP contribution in [0.25, 0.3) is 11.1 Å². The molecule has 0 aliphatic heterocycles. The monoisotopic (exact) mass is 588 g/mol. The number of benzene rings is 1.